The van der Waals surface area contributed by atoms with E-state index < -0.39 is 0 Å². The van der Waals surface area contributed by atoms with E-state index in [-0.39, 0.29) is 31.4 Å². The molecule has 1 N–H and O–H groups in total. The zero-order valence-electron chi connectivity index (χ0n) is 19.8. The summed E-state index contributed by atoms with van der Waals surface area (Å²) in [4.78, 5) is 23.6. The van der Waals surface area contributed by atoms with Gasteiger partial charge in [0.05, 0.1) is 36.9 Å². The zero-order valence-corrected chi connectivity index (χ0v) is 20.8. The number of nitrogens with zero attached hydrogens (tertiary/aromatic N) is 5. The monoisotopic (exact) mass is 468 g/mol. The largest absolute Gasteiger partial charge is 0.481 e. The Labute approximate surface area is 201 Å². The van der Waals surface area contributed by atoms with Gasteiger partial charge < -0.3 is 15.0 Å². The number of hydrogen-bond acceptors (Lipinski definition) is 6. The highest BCUT2D eigenvalue weighted by Gasteiger charge is 2.34. The topological polar surface area (TPSA) is 85.2 Å². The van der Waals surface area contributed by atoms with E-state index >= 15 is 0 Å². The minimum absolute atomic E-state index is 0. The molecule has 4 heterocycles. The van der Waals surface area contributed by atoms with Crippen molar-refractivity contribution in [2.45, 2.75) is 46.2 Å². The van der Waals surface area contributed by atoms with E-state index in [9.17, 15) is 4.79 Å². The molecule has 8 nitrogen and oxygen atoms in total. The SMILES string of the molecule is COc1ccc(Cn2cc(CCc3cc4c(c(C)n3)NC(=O)[C@H](C(C)C)N4C)cn2)cn1.S. The van der Waals surface area contributed by atoms with Crippen LogP contribution < -0.4 is 15.0 Å². The summed E-state index contributed by atoms with van der Waals surface area (Å²) in [6.45, 7) is 6.75. The average molecular weight is 469 g/mol. The molecule has 3 aromatic heterocycles. The third-order valence-corrected chi connectivity index (χ3v) is 5.89. The fourth-order valence-electron chi connectivity index (χ4n) is 4.26. The van der Waals surface area contributed by atoms with Crippen LogP contribution in [0.2, 0.25) is 0 Å². The van der Waals surface area contributed by atoms with Gasteiger partial charge in [0, 0.05) is 31.2 Å². The first kappa shape index (κ1) is 24.6. The number of nitrogens with one attached hydrogen (secondary N) is 1. The predicted molar refractivity (Wildman–Crippen MR) is 135 cm³/mol. The Morgan fingerprint density at radius 1 is 1.18 bits per heavy atom. The molecular weight excluding hydrogens is 436 g/mol. The molecule has 0 radical (unpaired) electrons. The Kier molecular flexibility index (Phi) is 7.63. The molecule has 0 spiro atoms. The second kappa shape index (κ2) is 10.2. The lowest BCUT2D eigenvalue weighted by Gasteiger charge is -2.38. The summed E-state index contributed by atoms with van der Waals surface area (Å²) in [7, 11) is 3.60. The van der Waals surface area contributed by atoms with E-state index in [2.05, 4.69) is 46.4 Å². The van der Waals surface area contributed by atoms with Crippen molar-refractivity contribution < 1.29 is 9.53 Å². The van der Waals surface area contributed by atoms with Crippen LogP contribution in [0.25, 0.3) is 0 Å². The number of fused-ring (bicyclic) bond motifs is 1. The molecule has 3 aromatic rings. The fourth-order valence-corrected chi connectivity index (χ4v) is 4.26. The Bertz CT molecular complexity index is 1110. The van der Waals surface area contributed by atoms with Crippen molar-refractivity contribution in [1.29, 1.82) is 0 Å². The highest BCUT2D eigenvalue weighted by molar-refractivity contribution is 7.59. The van der Waals surface area contributed by atoms with Gasteiger partial charge in [-0.15, -0.1) is 0 Å². The number of carbonyl (C=O) groups is 1. The number of carbonyl (C=O) groups excluding carboxylic acids is 1. The fraction of sp³-hybridized carbons (Fsp3) is 0.417. The first-order valence-electron chi connectivity index (χ1n) is 10.9. The van der Waals surface area contributed by atoms with Crippen LogP contribution >= 0.6 is 13.5 Å². The van der Waals surface area contributed by atoms with E-state index in [1.165, 1.54) is 0 Å². The molecule has 0 aliphatic carbocycles. The molecule has 0 fully saturated rings. The Balaban J connectivity index is 0.00000306. The third-order valence-electron chi connectivity index (χ3n) is 5.89. The molecule has 1 amide bonds. The van der Waals surface area contributed by atoms with Crippen molar-refractivity contribution >= 4 is 30.8 Å². The molecule has 1 atom stereocenters. The highest BCUT2D eigenvalue weighted by Crippen LogP contribution is 2.35. The van der Waals surface area contributed by atoms with E-state index in [1.54, 1.807) is 13.3 Å². The number of aromatic nitrogens is 4. The maximum Gasteiger partial charge on any atom is 0.247 e. The zero-order chi connectivity index (χ0) is 22.8. The summed E-state index contributed by atoms with van der Waals surface area (Å²) in [6, 6.07) is 5.77. The average Bonchev–Trinajstić information content (AvgIpc) is 3.21. The number of rotatable bonds is 7. The standard InChI is InChI=1S/C24H30N6O2.H2S/c1-15(2)23-24(31)28-22-16(3)27-19(10-20(22)29(23)4)8-6-18-12-26-30(14-18)13-17-7-9-21(32-5)25-11-17;/h7,9-12,14-15,23H,6,8,13H2,1-5H3,(H,28,31);1H2/t23-;/m0./s1. The number of methoxy groups -OCH3 is 1. The minimum atomic E-state index is -0.178. The summed E-state index contributed by atoms with van der Waals surface area (Å²) in [5, 5.41) is 7.54. The van der Waals surface area contributed by atoms with Crippen LogP contribution in [0.4, 0.5) is 11.4 Å². The number of anilines is 2. The molecule has 33 heavy (non-hydrogen) atoms. The molecule has 4 rings (SSSR count). The molecule has 0 bridgehead atoms. The lowest BCUT2D eigenvalue weighted by atomic mass is 9.97. The minimum Gasteiger partial charge on any atom is -0.481 e. The Morgan fingerprint density at radius 3 is 2.64 bits per heavy atom. The molecule has 1 aliphatic heterocycles. The summed E-state index contributed by atoms with van der Waals surface area (Å²) >= 11 is 0. The van der Waals surface area contributed by atoms with Crippen molar-refractivity contribution in [1.82, 2.24) is 19.7 Å². The molecule has 9 heteroatoms. The number of likely N-dealkylation sites (N-methyl/N-ethyl adjacent to an activating group) is 1. The maximum absolute atomic E-state index is 12.5. The van der Waals surface area contributed by atoms with Gasteiger partial charge in [-0.25, -0.2) is 4.98 Å². The van der Waals surface area contributed by atoms with Crippen molar-refractivity contribution in [2.75, 3.05) is 24.4 Å². The predicted octanol–water partition coefficient (Wildman–Crippen LogP) is 3.35. The highest BCUT2D eigenvalue weighted by atomic mass is 32.1. The van der Waals surface area contributed by atoms with Crippen LogP contribution in [0.1, 0.15) is 36.4 Å². The number of ether oxygens (including phenoxy) is 1. The van der Waals surface area contributed by atoms with Gasteiger partial charge in [0.15, 0.2) is 0 Å². The van der Waals surface area contributed by atoms with Gasteiger partial charge in [-0.2, -0.15) is 18.6 Å². The maximum atomic E-state index is 12.5. The molecule has 0 saturated carbocycles. The van der Waals surface area contributed by atoms with E-state index in [0.717, 1.165) is 46.7 Å². The number of pyridine rings is 2. The first-order chi connectivity index (χ1) is 15.4. The van der Waals surface area contributed by atoms with Crippen LogP contribution in [0.15, 0.2) is 36.8 Å². The van der Waals surface area contributed by atoms with Crippen LogP contribution in [-0.2, 0) is 24.2 Å². The normalized spacial score (nSPS) is 15.2. The van der Waals surface area contributed by atoms with Gasteiger partial charge >= 0.3 is 0 Å². The Hall–Kier alpha value is -3.07. The van der Waals surface area contributed by atoms with Gasteiger partial charge in [0.2, 0.25) is 11.8 Å². The van der Waals surface area contributed by atoms with Crippen molar-refractivity contribution in [3.05, 3.63) is 59.3 Å². The quantitative estimate of drug-likeness (QED) is 0.572. The van der Waals surface area contributed by atoms with Crippen LogP contribution in [0, 0.1) is 12.8 Å². The lowest BCUT2D eigenvalue weighted by Crippen LogP contribution is -2.49. The third kappa shape index (κ3) is 5.30. The van der Waals surface area contributed by atoms with Crippen molar-refractivity contribution in [3.63, 3.8) is 0 Å². The summed E-state index contributed by atoms with van der Waals surface area (Å²) in [5.41, 5.74) is 5.94. The van der Waals surface area contributed by atoms with E-state index in [1.807, 2.05) is 37.0 Å². The van der Waals surface area contributed by atoms with Crippen molar-refractivity contribution in [2.24, 2.45) is 5.92 Å². The Morgan fingerprint density at radius 2 is 1.97 bits per heavy atom. The van der Waals surface area contributed by atoms with Crippen LogP contribution in [0.3, 0.4) is 0 Å². The van der Waals surface area contributed by atoms with E-state index in [0.29, 0.717) is 12.4 Å². The van der Waals surface area contributed by atoms with Crippen LogP contribution in [0.5, 0.6) is 5.88 Å². The number of hydrogen-bond donors (Lipinski definition) is 1. The van der Waals surface area contributed by atoms with Gasteiger partial charge in [0.25, 0.3) is 0 Å². The molecular formula is C24H32N6O2S. The number of amides is 1. The van der Waals surface area contributed by atoms with Crippen molar-refractivity contribution in [3.8, 4) is 5.88 Å². The van der Waals surface area contributed by atoms with Gasteiger partial charge in [0.1, 0.15) is 6.04 Å². The summed E-state index contributed by atoms with van der Waals surface area (Å²) < 4.78 is 7.02. The second-order valence-corrected chi connectivity index (χ2v) is 8.64. The van der Waals surface area contributed by atoms with E-state index in [4.69, 9.17) is 9.72 Å². The molecule has 0 saturated heterocycles. The molecule has 1 aliphatic rings. The first-order valence-corrected chi connectivity index (χ1v) is 10.9. The van der Waals surface area contributed by atoms with Gasteiger partial charge in [-0.1, -0.05) is 19.9 Å². The number of aryl methyl sites for hydroxylation is 3. The smallest absolute Gasteiger partial charge is 0.247 e. The lowest BCUT2D eigenvalue weighted by molar-refractivity contribution is -0.118. The summed E-state index contributed by atoms with van der Waals surface area (Å²) in [5.74, 6) is 0.858. The van der Waals surface area contributed by atoms with Crippen LogP contribution in [-0.4, -0.2) is 45.9 Å². The molecule has 176 valence electrons. The second-order valence-electron chi connectivity index (χ2n) is 8.64. The van der Waals surface area contributed by atoms with Gasteiger partial charge in [-0.3, -0.25) is 14.5 Å². The summed E-state index contributed by atoms with van der Waals surface area (Å²) in [6.07, 6.45) is 7.42. The molecule has 0 unspecified atom stereocenters. The van der Waals surface area contributed by atoms with Gasteiger partial charge in [-0.05, 0) is 42.9 Å². The molecule has 0 aromatic carbocycles.